The van der Waals surface area contributed by atoms with Gasteiger partial charge in [-0.05, 0) is 125 Å². The van der Waals surface area contributed by atoms with Crippen LogP contribution in [0.2, 0.25) is 0 Å². The Bertz CT molecular complexity index is 367. The van der Waals surface area contributed by atoms with Gasteiger partial charge in [0.25, 0.3) is 0 Å². The van der Waals surface area contributed by atoms with Crippen molar-refractivity contribution in [2.75, 3.05) is 0 Å². The molecular formula is C25H44O2. The van der Waals surface area contributed by atoms with Crippen LogP contribution in [0.4, 0.5) is 0 Å². The second-order valence-electron chi connectivity index (χ2n) is 11.1. The maximum Gasteiger partial charge on any atom is 0.0540 e. The molecule has 4 aliphatic rings. The van der Waals surface area contributed by atoms with Crippen LogP contribution < -0.4 is 0 Å². The smallest absolute Gasteiger partial charge is 0.0540 e. The van der Waals surface area contributed by atoms with E-state index in [0.29, 0.717) is 0 Å². The molecule has 2 atom stereocenters. The first kappa shape index (κ1) is 20.2. The summed E-state index contributed by atoms with van der Waals surface area (Å²) >= 11 is 0. The summed E-state index contributed by atoms with van der Waals surface area (Å²) in [5.74, 6) is 6.54. The maximum atomic E-state index is 9.96. The molecule has 0 heterocycles. The van der Waals surface area contributed by atoms with Crippen LogP contribution in [-0.4, -0.2) is 22.4 Å². The second-order valence-corrected chi connectivity index (χ2v) is 11.1. The Morgan fingerprint density at radius 1 is 0.407 bits per heavy atom. The largest absolute Gasteiger partial charge is 0.393 e. The topological polar surface area (TPSA) is 40.5 Å². The van der Waals surface area contributed by atoms with Crippen molar-refractivity contribution in [2.45, 2.75) is 115 Å². The molecule has 0 radical (unpaired) electrons. The zero-order valence-electron chi connectivity index (χ0n) is 17.7. The Morgan fingerprint density at radius 3 is 1.04 bits per heavy atom. The van der Waals surface area contributed by atoms with Gasteiger partial charge < -0.3 is 10.2 Å². The molecule has 27 heavy (non-hydrogen) atoms. The second kappa shape index (κ2) is 9.16. The molecule has 2 N–H and O–H groups in total. The number of aliphatic hydroxyl groups excluding tert-OH is 2. The van der Waals surface area contributed by atoms with E-state index >= 15 is 0 Å². The average Bonchev–Trinajstić information content (AvgIpc) is 2.69. The lowest BCUT2D eigenvalue weighted by molar-refractivity contribution is 0.0134. The van der Waals surface area contributed by atoms with Crippen molar-refractivity contribution in [1.82, 2.24) is 0 Å². The van der Waals surface area contributed by atoms with Gasteiger partial charge in [-0.1, -0.05) is 19.8 Å². The van der Waals surface area contributed by atoms with Crippen molar-refractivity contribution in [3.8, 4) is 0 Å². The van der Waals surface area contributed by atoms with E-state index in [4.69, 9.17) is 0 Å². The van der Waals surface area contributed by atoms with Crippen molar-refractivity contribution in [3.05, 3.63) is 0 Å². The Morgan fingerprint density at radius 2 is 0.704 bits per heavy atom. The first-order valence-corrected chi connectivity index (χ1v) is 12.4. The minimum absolute atomic E-state index is 0.0175. The molecule has 0 aliphatic heterocycles. The van der Waals surface area contributed by atoms with Crippen LogP contribution in [-0.2, 0) is 0 Å². The minimum Gasteiger partial charge on any atom is -0.393 e. The molecule has 0 saturated heterocycles. The highest BCUT2D eigenvalue weighted by atomic mass is 16.3. The van der Waals surface area contributed by atoms with E-state index in [0.717, 1.165) is 67.1 Å². The third-order valence-corrected chi connectivity index (χ3v) is 9.36. The Labute approximate surface area is 167 Å². The fraction of sp³-hybridized carbons (Fsp3) is 1.00. The van der Waals surface area contributed by atoms with Crippen LogP contribution in [0.1, 0.15) is 103 Å². The van der Waals surface area contributed by atoms with Crippen molar-refractivity contribution < 1.29 is 10.2 Å². The lowest BCUT2D eigenvalue weighted by Crippen LogP contribution is -2.38. The summed E-state index contributed by atoms with van der Waals surface area (Å²) < 4.78 is 0. The van der Waals surface area contributed by atoms with Gasteiger partial charge in [0.05, 0.1) is 12.2 Å². The van der Waals surface area contributed by atoms with Crippen molar-refractivity contribution in [2.24, 2.45) is 41.4 Å². The molecule has 0 aromatic rings. The SMILES string of the molecule is CC1CCC(C2CC(C3CCC(O)CC3)CC(C3CCC(O)CC3)C2)CC1. The van der Waals surface area contributed by atoms with Crippen LogP contribution in [0, 0.1) is 41.4 Å². The number of rotatable bonds is 3. The molecule has 0 aromatic carbocycles. The summed E-state index contributed by atoms with van der Waals surface area (Å²) in [6.45, 7) is 2.45. The van der Waals surface area contributed by atoms with Gasteiger partial charge in [-0.2, -0.15) is 0 Å². The van der Waals surface area contributed by atoms with Gasteiger partial charge in [-0.15, -0.1) is 0 Å². The van der Waals surface area contributed by atoms with Crippen molar-refractivity contribution in [1.29, 1.82) is 0 Å². The van der Waals surface area contributed by atoms with Crippen LogP contribution in [0.3, 0.4) is 0 Å². The predicted molar refractivity (Wildman–Crippen MR) is 111 cm³/mol. The summed E-state index contributed by atoms with van der Waals surface area (Å²) in [7, 11) is 0. The van der Waals surface area contributed by atoms with Gasteiger partial charge in [-0.25, -0.2) is 0 Å². The van der Waals surface area contributed by atoms with Gasteiger partial charge in [0, 0.05) is 0 Å². The van der Waals surface area contributed by atoms with E-state index < -0.39 is 0 Å². The molecule has 2 nitrogen and oxygen atoms in total. The molecule has 2 unspecified atom stereocenters. The Hall–Kier alpha value is -0.0800. The normalized spacial score (nSPS) is 49.7. The fourth-order valence-corrected chi connectivity index (χ4v) is 7.51. The van der Waals surface area contributed by atoms with E-state index in [1.165, 1.54) is 70.6 Å². The summed E-state index contributed by atoms with van der Waals surface area (Å²) in [6, 6.07) is 0. The van der Waals surface area contributed by atoms with E-state index in [2.05, 4.69) is 6.92 Å². The first-order chi connectivity index (χ1) is 13.1. The molecule has 0 bridgehead atoms. The zero-order chi connectivity index (χ0) is 18.8. The van der Waals surface area contributed by atoms with Gasteiger partial charge in [0.15, 0.2) is 0 Å². The van der Waals surface area contributed by atoms with Gasteiger partial charge in [0.1, 0.15) is 0 Å². The molecule has 0 aromatic heterocycles. The third-order valence-electron chi connectivity index (χ3n) is 9.36. The van der Waals surface area contributed by atoms with Gasteiger partial charge in [-0.3, -0.25) is 0 Å². The lowest BCUT2D eigenvalue weighted by Gasteiger charge is -2.47. The summed E-state index contributed by atoms with van der Waals surface area (Å²) in [6.07, 6.45) is 19.6. The van der Waals surface area contributed by atoms with Crippen LogP contribution in [0.15, 0.2) is 0 Å². The molecule has 156 valence electrons. The quantitative estimate of drug-likeness (QED) is 0.639. The minimum atomic E-state index is -0.0175. The molecular weight excluding hydrogens is 332 g/mol. The van der Waals surface area contributed by atoms with Crippen LogP contribution in [0.5, 0.6) is 0 Å². The first-order valence-electron chi connectivity index (χ1n) is 12.4. The number of aliphatic hydroxyl groups is 2. The third kappa shape index (κ3) is 5.10. The van der Waals surface area contributed by atoms with Crippen LogP contribution in [0.25, 0.3) is 0 Å². The number of hydrogen-bond acceptors (Lipinski definition) is 2. The average molecular weight is 377 g/mol. The monoisotopic (exact) mass is 376 g/mol. The molecule has 2 heteroatoms. The Balaban J connectivity index is 1.42. The zero-order valence-corrected chi connectivity index (χ0v) is 17.7. The van der Waals surface area contributed by atoms with E-state index in [1.54, 1.807) is 0 Å². The van der Waals surface area contributed by atoms with Gasteiger partial charge >= 0.3 is 0 Å². The van der Waals surface area contributed by atoms with Crippen molar-refractivity contribution in [3.63, 3.8) is 0 Å². The maximum absolute atomic E-state index is 9.96. The van der Waals surface area contributed by atoms with Crippen LogP contribution >= 0.6 is 0 Å². The van der Waals surface area contributed by atoms with Gasteiger partial charge in [0.2, 0.25) is 0 Å². The summed E-state index contributed by atoms with van der Waals surface area (Å²) in [5.41, 5.74) is 0. The highest BCUT2D eigenvalue weighted by Gasteiger charge is 2.41. The molecule has 0 spiro atoms. The van der Waals surface area contributed by atoms with E-state index in [9.17, 15) is 10.2 Å². The van der Waals surface area contributed by atoms with E-state index in [1.807, 2.05) is 0 Å². The fourth-order valence-electron chi connectivity index (χ4n) is 7.51. The summed E-state index contributed by atoms with van der Waals surface area (Å²) in [4.78, 5) is 0. The highest BCUT2D eigenvalue weighted by molar-refractivity contribution is 4.91. The predicted octanol–water partition coefficient (Wildman–Crippen LogP) is 5.95. The molecule has 0 amide bonds. The molecule has 4 aliphatic carbocycles. The number of hydrogen-bond donors (Lipinski definition) is 2. The molecule has 4 rings (SSSR count). The standard InChI is InChI=1S/C25H44O2/c1-17-2-4-18(5-3-17)21-14-22(19-6-10-24(26)11-7-19)16-23(15-21)20-8-12-25(27)13-9-20/h17-27H,2-16H2,1H3. The summed E-state index contributed by atoms with van der Waals surface area (Å²) in [5, 5.41) is 19.9. The van der Waals surface area contributed by atoms with E-state index in [-0.39, 0.29) is 12.2 Å². The Kier molecular flexibility index (Phi) is 6.85. The highest BCUT2D eigenvalue weighted by Crippen LogP contribution is 2.51. The molecule has 4 fully saturated rings. The molecule has 4 saturated carbocycles. The lowest BCUT2D eigenvalue weighted by atomic mass is 9.59. The van der Waals surface area contributed by atoms with Crippen molar-refractivity contribution >= 4 is 0 Å².